The summed E-state index contributed by atoms with van der Waals surface area (Å²) in [5.41, 5.74) is 8.26. The third-order valence-corrected chi connectivity index (χ3v) is 4.79. The van der Waals surface area contributed by atoms with E-state index in [-0.39, 0.29) is 17.9 Å². The summed E-state index contributed by atoms with van der Waals surface area (Å²) in [4.78, 5) is 12.5. The minimum Gasteiger partial charge on any atom is -0.457 e. The van der Waals surface area contributed by atoms with Crippen molar-refractivity contribution in [3.05, 3.63) is 59.7 Å². The van der Waals surface area contributed by atoms with Gasteiger partial charge in [-0.25, -0.2) is 5.43 Å². The van der Waals surface area contributed by atoms with Gasteiger partial charge in [0.05, 0.1) is 6.04 Å². The van der Waals surface area contributed by atoms with Gasteiger partial charge in [0.2, 0.25) is 5.91 Å². The van der Waals surface area contributed by atoms with Crippen LogP contribution >= 0.6 is 0 Å². The van der Waals surface area contributed by atoms with Crippen LogP contribution in [0.5, 0.6) is 11.5 Å². The fourth-order valence-electron chi connectivity index (χ4n) is 3.28. The first-order valence-corrected chi connectivity index (χ1v) is 9.15. The van der Waals surface area contributed by atoms with Crippen molar-refractivity contribution >= 4 is 5.91 Å². The van der Waals surface area contributed by atoms with E-state index in [2.05, 4.69) is 24.7 Å². The third-order valence-electron chi connectivity index (χ3n) is 4.79. The Balaban J connectivity index is 1.77. The van der Waals surface area contributed by atoms with Gasteiger partial charge in [-0.05, 0) is 25.0 Å². The number of ether oxygens (including phenoxy) is 1. The molecular weight excluding hydrogens is 312 g/mol. The van der Waals surface area contributed by atoms with Crippen LogP contribution in [0.2, 0.25) is 0 Å². The molecule has 2 aromatic carbocycles. The summed E-state index contributed by atoms with van der Waals surface area (Å²) in [6, 6.07) is 15.8. The van der Waals surface area contributed by atoms with Crippen LogP contribution in [0.15, 0.2) is 48.5 Å². The van der Waals surface area contributed by atoms with Crippen molar-refractivity contribution in [2.75, 3.05) is 0 Å². The summed E-state index contributed by atoms with van der Waals surface area (Å²) in [5, 5.41) is 0. The third kappa shape index (κ3) is 3.85. The summed E-state index contributed by atoms with van der Waals surface area (Å²) >= 11 is 0. The molecule has 0 radical (unpaired) electrons. The molecule has 1 amide bonds. The number of fused-ring (bicyclic) bond motifs is 2. The fourth-order valence-corrected chi connectivity index (χ4v) is 3.28. The van der Waals surface area contributed by atoms with Gasteiger partial charge in [-0.15, -0.1) is 0 Å². The van der Waals surface area contributed by atoms with Crippen molar-refractivity contribution in [2.24, 2.45) is 5.92 Å². The Hall–Kier alpha value is -2.33. The van der Waals surface area contributed by atoms with E-state index in [4.69, 9.17) is 4.74 Å². The number of unbranched alkanes of at least 4 members (excludes halogenated alkanes) is 1. The van der Waals surface area contributed by atoms with E-state index >= 15 is 0 Å². The second-order valence-electron chi connectivity index (χ2n) is 6.49. The Kier molecular flexibility index (Phi) is 5.71. The number of carbonyl (C=O) groups is 1. The number of carbonyl (C=O) groups excluding carboxylic acids is 1. The number of amides is 1. The normalized spacial score (nSPS) is 14.2. The Labute approximate surface area is 149 Å². The molecule has 0 fully saturated rings. The highest BCUT2D eigenvalue weighted by Gasteiger charge is 2.27. The zero-order valence-corrected chi connectivity index (χ0v) is 14.9. The first-order valence-electron chi connectivity index (χ1n) is 9.15. The second kappa shape index (κ2) is 8.17. The van der Waals surface area contributed by atoms with E-state index in [1.165, 1.54) is 0 Å². The predicted molar refractivity (Wildman–Crippen MR) is 99.4 cm³/mol. The lowest BCUT2D eigenvalue weighted by molar-refractivity contribution is -0.126. The lowest BCUT2D eigenvalue weighted by Gasteiger charge is -2.29. The molecule has 25 heavy (non-hydrogen) atoms. The summed E-state index contributed by atoms with van der Waals surface area (Å²) in [5.74, 6) is 1.77. The van der Waals surface area contributed by atoms with E-state index < -0.39 is 0 Å². The van der Waals surface area contributed by atoms with Gasteiger partial charge in [-0.2, -0.15) is 0 Å². The van der Waals surface area contributed by atoms with Gasteiger partial charge < -0.3 is 4.74 Å². The Morgan fingerprint density at radius 1 is 1.04 bits per heavy atom. The van der Waals surface area contributed by atoms with Crippen molar-refractivity contribution in [3.8, 4) is 11.5 Å². The van der Waals surface area contributed by atoms with E-state index in [1.807, 2.05) is 48.5 Å². The monoisotopic (exact) mass is 338 g/mol. The van der Waals surface area contributed by atoms with Crippen LogP contribution in [0.4, 0.5) is 0 Å². The summed E-state index contributed by atoms with van der Waals surface area (Å²) < 4.78 is 5.98. The fraction of sp³-hybridized carbons (Fsp3) is 0.381. The zero-order chi connectivity index (χ0) is 17.6. The van der Waals surface area contributed by atoms with Crippen LogP contribution in [0.3, 0.4) is 0 Å². The van der Waals surface area contributed by atoms with Crippen molar-refractivity contribution in [3.63, 3.8) is 0 Å². The molecule has 2 aromatic rings. The van der Waals surface area contributed by atoms with Gasteiger partial charge in [-0.1, -0.05) is 63.1 Å². The Bertz CT molecular complexity index is 684. The molecule has 1 atom stereocenters. The first kappa shape index (κ1) is 17.5. The maximum atomic E-state index is 12.5. The highest BCUT2D eigenvalue weighted by molar-refractivity contribution is 5.78. The molecule has 4 heteroatoms. The quantitative estimate of drug-likeness (QED) is 0.718. The van der Waals surface area contributed by atoms with Gasteiger partial charge in [-0.3, -0.25) is 10.2 Å². The first-order chi connectivity index (χ1) is 12.2. The van der Waals surface area contributed by atoms with E-state index in [0.29, 0.717) is 0 Å². The molecule has 2 N–H and O–H groups in total. The van der Waals surface area contributed by atoms with E-state index in [0.717, 1.165) is 48.3 Å². The number of hydrogen-bond acceptors (Lipinski definition) is 3. The van der Waals surface area contributed by atoms with Crippen LogP contribution in [-0.2, 0) is 4.79 Å². The SMILES string of the molecule is CCCCC(CC)C(=O)NNC1c2ccccc2Oc2ccccc21. The number of hydrazine groups is 1. The molecule has 0 aliphatic carbocycles. The van der Waals surface area contributed by atoms with Gasteiger partial charge in [0.15, 0.2) is 0 Å². The van der Waals surface area contributed by atoms with Crippen LogP contribution in [-0.4, -0.2) is 5.91 Å². The van der Waals surface area contributed by atoms with Gasteiger partial charge in [0, 0.05) is 17.0 Å². The summed E-state index contributed by atoms with van der Waals surface area (Å²) in [6.07, 6.45) is 3.97. The van der Waals surface area contributed by atoms with Crippen LogP contribution in [0, 0.1) is 5.92 Å². The lowest BCUT2D eigenvalue weighted by Crippen LogP contribution is -2.44. The Morgan fingerprint density at radius 3 is 2.20 bits per heavy atom. The highest BCUT2D eigenvalue weighted by atomic mass is 16.5. The van der Waals surface area contributed by atoms with Crippen molar-refractivity contribution in [1.29, 1.82) is 0 Å². The van der Waals surface area contributed by atoms with Crippen LogP contribution in [0.25, 0.3) is 0 Å². The summed E-state index contributed by atoms with van der Waals surface area (Å²) in [7, 11) is 0. The molecule has 3 rings (SSSR count). The maximum Gasteiger partial charge on any atom is 0.237 e. The average molecular weight is 338 g/mol. The standard InChI is InChI=1S/C21H26N2O2/c1-3-5-10-15(4-2)21(24)23-22-20-16-11-6-8-13-18(16)25-19-14-9-7-12-17(19)20/h6-9,11-15,20,22H,3-5,10H2,1-2H3,(H,23,24). The molecule has 4 nitrogen and oxygen atoms in total. The smallest absolute Gasteiger partial charge is 0.237 e. The van der Waals surface area contributed by atoms with E-state index in [9.17, 15) is 4.79 Å². The number of benzene rings is 2. The maximum absolute atomic E-state index is 12.5. The molecular formula is C21H26N2O2. The largest absolute Gasteiger partial charge is 0.457 e. The highest BCUT2D eigenvalue weighted by Crippen LogP contribution is 2.42. The van der Waals surface area contributed by atoms with Gasteiger partial charge in [0.25, 0.3) is 0 Å². The molecule has 0 saturated carbocycles. The van der Waals surface area contributed by atoms with Crippen LogP contribution < -0.4 is 15.6 Å². The minimum absolute atomic E-state index is 0.0535. The number of rotatable bonds is 7. The molecule has 1 aliphatic heterocycles. The van der Waals surface area contributed by atoms with Crippen molar-refractivity contribution in [2.45, 2.75) is 45.6 Å². The van der Waals surface area contributed by atoms with Gasteiger partial charge >= 0.3 is 0 Å². The Morgan fingerprint density at radius 2 is 1.64 bits per heavy atom. The number of para-hydroxylation sites is 2. The van der Waals surface area contributed by atoms with E-state index in [1.54, 1.807) is 0 Å². The molecule has 1 aliphatic rings. The van der Waals surface area contributed by atoms with Gasteiger partial charge in [0.1, 0.15) is 11.5 Å². The molecule has 1 heterocycles. The average Bonchev–Trinajstić information content (AvgIpc) is 2.65. The van der Waals surface area contributed by atoms with Crippen molar-refractivity contribution in [1.82, 2.24) is 10.9 Å². The molecule has 0 saturated heterocycles. The molecule has 132 valence electrons. The number of nitrogens with one attached hydrogen (secondary N) is 2. The number of hydrogen-bond donors (Lipinski definition) is 2. The molecule has 0 bridgehead atoms. The summed E-state index contributed by atoms with van der Waals surface area (Å²) in [6.45, 7) is 4.22. The molecule has 1 unspecified atom stereocenters. The second-order valence-corrected chi connectivity index (χ2v) is 6.49. The minimum atomic E-state index is -0.117. The topological polar surface area (TPSA) is 50.4 Å². The van der Waals surface area contributed by atoms with Crippen LogP contribution in [0.1, 0.15) is 56.7 Å². The lowest BCUT2D eigenvalue weighted by atomic mass is 9.95. The predicted octanol–water partition coefficient (Wildman–Crippen LogP) is 4.72. The molecule has 0 spiro atoms. The molecule has 0 aromatic heterocycles. The zero-order valence-electron chi connectivity index (χ0n) is 14.9. The van der Waals surface area contributed by atoms with Crippen molar-refractivity contribution < 1.29 is 9.53 Å².